The van der Waals surface area contributed by atoms with Gasteiger partial charge in [-0.2, -0.15) is 0 Å². The maximum absolute atomic E-state index is 12.4. The maximum Gasteiger partial charge on any atom is 0.287 e. The van der Waals surface area contributed by atoms with Crippen molar-refractivity contribution in [3.05, 3.63) is 28.1 Å². The number of hydrogen-bond donors (Lipinski definition) is 0. The molecule has 0 aliphatic carbocycles. The lowest BCUT2D eigenvalue weighted by molar-refractivity contribution is -0.384. The Morgan fingerprint density at radius 3 is 2.70 bits per heavy atom. The summed E-state index contributed by atoms with van der Waals surface area (Å²) in [4.78, 5) is 24.3. The number of carbonyl (C=O) groups excluding carboxylic acids is 1. The lowest BCUT2D eigenvalue weighted by Crippen LogP contribution is -2.33. The second-order valence-electron chi connectivity index (χ2n) is 4.46. The van der Waals surface area contributed by atoms with Crippen LogP contribution in [0.3, 0.4) is 0 Å². The summed E-state index contributed by atoms with van der Waals surface area (Å²) in [5, 5.41) is 10.8. The van der Waals surface area contributed by atoms with E-state index in [0.29, 0.717) is 18.8 Å². The minimum absolute atomic E-state index is 0.0704. The van der Waals surface area contributed by atoms with Gasteiger partial charge in [-0.3, -0.25) is 14.9 Å². The van der Waals surface area contributed by atoms with Crippen LogP contribution in [0.15, 0.2) is 12.3 Å². The number of aryl methyl sites for hydroxylation is 1. The molecular weight excluding hydrogens is 258 g/mol. The first-order chi connectivity index (χ1) is 9.54. The zero-order chi connectivity index (χ0) is 15.1. The minimum atomic E-state index is -0.492. The fourth-order valence-corrected chi connectivity index (χ4v) is 1.99. The molecule has 0 aliphatic rings. The van der Waals surface area contributed by atoms with Crippen LogP contribution >= 0.6 is 0 Å². The summed E-state index contributed by atoms with van der Waals surface area (Å²) in [6.45, 7) is 5.20. The molecule has 0 N–H and O–H groups in total. The van der Waals surface area contributed by atoms with Gasteiger partial charge in [-0.05, 0) is 12.8 Å². The molecule has 0 saturated heterocycles. The van der Waals surface area contributed by atoms with Gasteiger partial charge in [0.2, 0.25) is 0 Å². The summed E-state index contributed by atoms with van der Waals surface area (Å²) in [5.41, 5.74) is 0.251. The zero-order valence-electron chi connectivity index (χ0n) is 11.8. The number of terminal acetylenes is 1. The fraction of sp³-hybridized carbons (Fsp3) is 0.500. The van der Waals surface area contributed by atoms with Crippen molar-refractivity contribution in [3.63, 3.8) is 0 Å². The number of carbonyl (C=O) groups is 1. The van der Waals surface area contributed by atoms with Crippen LogP contribution in [0.5, 0.6) is 0 Å². The van der Waals surface area contributed by atoms with Crippen LogP contribution in [0, 0.1) is 22.5 Å². The third-order valence-corrected chi connectivity index (χ3v) is 2.84. The molecule has 0 spiro atoms. The van der Waals surface area contributed by atoms with E-state index in [1.54, 1.807) is 4.57 Å². The topological polar surface area (TPSA) is 68.4 Å². The molecule has 108 valence electrons. The quantitative estimate of drug-likeness (QED) is 0.436. The molecule has 0 aromatic carbocycles. The van der Waals surface area contributed by atoms with Crippen molar-refractivity contribution in [2.24, 2.45) is 0 Å². The zero-order valence-corrected chi connectivity index (χ0v) is 11.8. The average molecular weight is 277 g/mol. The molecule has 1 heterocycles. The molecule has 0 saturated carbocycles. The first-order valence-corrected chi connectivity index (χ1v) is 6.62. The Labute approximate surface area is 118 Å². The van der Waals surface area contributed by atoms with E-state index in [1.165, 1.54) is 17.2 Å². The summed E-state index contributed by atoms with van der Waals surface area (Å²) in [5.74, 6) is 2.19. The van der Waals surface area contributed by atoms with Crippen molar-refractivity contribution < 1.29 is 9.72 Å². The lowest BCUT2D eigenvalue weighted by atomic mass is 10.3. The molecule has 1 aromatic heterocycles. The van der Waals surface area contributed by atoms with Gasteiger partial charge in [0.1, 0.15) is 5.69 Å². The third kappa shape index (κ3) is 3.60. The van der Waals surface area contributed by atoms with Crippen molar-refractivity contribution in [1.82, 2.24) is 9.47 Å². The van der Waals surface area contributed by atoms with E-state index in [1.807, 2.05) is 13.8 Å². The predicted molar refractivity (Wildman–Crippen MR) is 76.4 cm³/mol. The van der Waals surface area contributed by atoms with Gasteiger partial charge in [0.15, 0.2) is 0 Å². The summed E-state index contributed by atoms with van der Waals surface area (Å²) < 4.78 is 1.62. The monoisotopic (exact) mass is 277 g/mol. The van der Waals surface area contributed by atoms with Crippen LogP contribution in [-0.4, -0.2) is 33.4 Å². The molecule has 0 unspecified atom stereocenters. The van der Waals surface area contributed by atoms with Gasteiger partial charge in [-0.1, -0.05) is 19.8 Å². The number of nitrogens with zero attached hydrogens (tertiary/aromatic N) is 3. The van der Waals surface area contributed by atoms with E-state index in [-0.39, 0.29) is 18.1 Å². The minimum Gasteiger partial charge on any atom is -0.337 e. The van der Waals surface area contributed by atoms with E-state index >= 15 is 0 Å². The molecule has 1 amide bonds. The normalized spacial score (nSPS) is 10.1. The molecule has 0 fully saturated rings. The molecule has 6 nitrogen and oxygen atoms in total. The number of aromatic nitrogens is 1. The Morgan fingerprint density at radius 1 is 1.50 bits per heavy atom. The van der Waals surface area contributed by atoms with Crippen molar-refractivity contribution in [2.75, 3.05) is 13.1 Å². The van der Waals surface area contributed by atoms with Gasteiger partial charge in [0, 0.05) is 19.2 Å². The van der Waals surface area contributed by atoms with Gasteiger partial charge in [0.05, 0.1) is 17.7 Å². The molecule has 1 aromatic rings. The van der Waals surface area contributed by atoms with Crippen LogP contribution in [-0.2, 0) is 6.54 Å². The second kappa shape index (κ2) is 7.34. The van der Waals surface area contributed by atoms with Crippen molar-refractivity contribution in [3.8, 4) is 12.3 Å². The van der Waals surface area contributed by atoms with E-state index in [9.17, 15) is 14.9 Å². The second-order valence-corrected chi connectivity index (χ2v) is 4.46. The molecule has 1 rings (SSSR count). The van der Waals surface area contributed by atoms with Gasteiger partial charge in [-0.25, -0.2) is 0 Å². The van der Waals surface area contributed by atoms with E-state index in [0.717, 1.165) is 12.8 Å². The third-order valence-electron chi connectivity index (χ3n) is 2.84. The summed E-state index contributed by atoms with van der Waals surface area (Å²) in [6.07, 6.45) is 8.23. The lowest BCUT2D eigenvalue weighted by Gasteiger charge is -2.20. The number of nitro groups is 1. The molecule has 0 bridgehead atoms. The largest absolute Gasteiger partial charge is 0.337 e. The molecule has 0 radical (unpaired) electrons. The molecular formula is C14H19N3O3. The highest BCUT2D eigenvalue weighted by molar-refractivity contribution is 5.93. The standard InChI is InChI=1S/C14H19N3O3/c1-4-7-15(8-5-2)14(18)13-10-12(17(19)20)11-16(13)9-6-3/h1,10-11H,5-9H2,2-3H3. The van der Waals surface area contributed by atoms with Gasteiger partial charge < -0.3 is 9.47 Å². The van der Waals surface area contributed by atoms with E-state index in [4.69, 9.17) is 6.42 Å². The number of amides is 1. The van der Waals surface area contributed by atoms with Gasteiger partial charge >= 0.3 is 0 Å². The summed E-state index contributed by atoms with van der Waals surface area (Å²) >= 11 is 0. The van der Waals surface area contributed by atoms with Crippen molar-refractivity contribution >= 4 is 11.6 Å². The Hall–Kier alpha value is -2.29. The molecule has 0 aliphatic heterocycles. The van der Waals surface area contributed by atoms with Crippen LogP contribution in [0.25, 0.3) is 0 Å². The fourth-order valence-electron chi connectivity index (χ4n) is 1.99. The van der Waals surface area contributed by atoms with Crippen LogP contribution in [0.4, 0.5) is 5.69 Å². The summed E-state index contributed by atoms with van der Waals surface area (Å²) in [6, 6.07) is 1.32. The van der Waals surface area contributed by atoms with E-state index in [2.05, 4.69) is 5.92 Å². The predicted octanol–water partition coefficient (Wildman–Crippen LogP) is 2.29. The Balaban J connectivity index is 3.11. The molecule has 6 heteroatoms. The summed E-state index contributed by atoms with van der Waals surface area (Å²) in [7, 11) is 0. The van der Waals surface area contributed by atoms with Crippen molar-refractivity contribution in [2.45, 2.75) is 33.2 Å². The smallest absolute Gasteiger partial charge is 0.287 e. The van der Waals surface area contributed by atoms with Gasteiger partial charge in [-0.15, -0.1) is 6.42 Å². The SMILES string of the molecule is C#CCN(CCC)C(=O)c1cc([N+](=O)[O-])cn1CCC. The highest BCUT2D eigenvalue weighted by Crippen LogP contribution is 2.18. The molecule has 20 heavy (non-hydrogen) atoms. The highest BCUT2D eigenvalue weighted by atomic mass is 16.6. The van der Waals surface area contributed by atoms with Crippen molar-refractivity contribution in [1.29, 1.82) is 0 Å². The first-order valence-electron chi connectivity index (χ1n) is 6.62. The van der Waals surface area contributed by atoms with E-state index < -0.39 is 4.92 Å². The maximum atomic E-state index is 12.4. The highest BCUT2D eigenvalue weighted by Gasteiger charge is 2.22. The van der Waals surface area contributed by atoms with Crippen LogP contribution in [0.2, 0.25) is 0 Å². The average Bonchev–Trinajstić information content (AvgIpc) is 2.82. The number of rotatable bonds is 7. The molecule has 0 atom stereocenters. The van der Waals surface area contributed by atoms with Crippen LogP contribution < -0.4 is 0 Å². The number of hydrogen-bond acceptors (Lipinski definition) is 3. The Bertz CT molecular complexity index is 528. The first kappa shape index (κ1) is 15.8. The Kier molecular flexibility index (Phi) is 5.78. The van der Waals surface area contributed by atoms with Crippen LogP contribution in [0.1, 0.15) is 37.2 Å². The Morgan fingerprint density at radius 2 is 2.20 bits per heavy atom. The van der Waals surface area contributed by atoms with Gasteiger partial charge in [0.25, 0.3) is 11.6 Å².